The van der Waals surface area contributed by atoms with Crippen molar-refractivity contribution < 1.29 is 4.42 Å². The molecular formula is C56H35NO. The maximum absolute atomic E-state index is 6.47. The largest absolute Gasteiger partial charge is 0.456 e. The number of furan rings is 1. The molecule has 0 atom stereocenters. The molecule has 10 aromatic rings. The fraction of sp³-hybridized carbons (Fsp3) is 0.0357. The third kappa shape index (κ3) is 3.87. The number of para-hydroxylation sites is 2. The first-order valence-corrected chi connectivity index (χ1v) is 20.2. The molecule has 270 valence electrons. The van der Waals surface area contributed by atoms with Gasteiger partial charge >= 0.3 is 0 Å². The van der Waals surface area contributed by atoms with E-state index < -0.39 is 10.8 Å². The highest BCUT2D eigenvalue weighted by Crippen LogP contribution is 2.67. The van der Waals surface area contributed by atoms with Crippen molar-refractivity contribution in [1.82, 2.24) is 0 Å². The first kappa shape index (κ1) is 31.7. The van der Waals surface area contributed by atoms with Gasteiger partial charge in [-0.05, 0) is 109 Å². The topological polar surface area (TPSA) is 16.4 Å². The highest BCUT2D eigenvalue weighted by Gasteiger charge is 2.58. The molecule has 0 saturated carbocycles. The third-order valence-corrected chi connectivity index (χ3v) is 13.3. The van der Waals surface area contributed by atoms with Crippen molar-refractivity contribution in [1.29, 1.82) is 0 Å². The monoisotopic (exact) mass is 737 g/mol. The molecule has 0 N–H and O–H groups in total. The van der Waals surface area contributed by atoms with E-state index in [0.29, 0.717) is 0 Å². The lowest BCUT2D eigenvalue weighted by Gasteiger charge is -2.49. The first-order valence-electron chi connectivity index (χ1n) is 20.2. The summed E-state index contributed by atoms with van der Waals surface area (Å²) in [6, 6.07) is 78.7. The van der Waals surface area contributed by atoms with Crippen LogP contribution in [0.5, 0.6) is 0 Å². The Hall–Kier alpha value is -7.42. The normalized spacial score (nSPS) is 14.5. The maximum Gasteiger partial charge on any atom is 0.137 e. The Labute approximate surface area is 336 Å². The number of anilines is 3. The fourth-order valence-electron chi connectivity index (χ4n) is 11.2. The molecule has 58 heavy (non-hydrogen) atoms. The minimum Gasteiger partial charge on any atom is -0.456 e. The number of hydrogen-bond donors (Lipinski definition) is 0. The molecule has 0 radical (unpaired) electrons. The summed E-state index contributed by atoms with van der Waals surface area (Å²) in [5, 5.41) is 2.25. The molecule has 2 heteroatoms. The molecule has 0 saturated heterocycles. The molecule has 2 nitrogen and oxygen atoms in total. The van der Waals surface area contributed by atoms with E-state index in [9.17, 15) is 0 Å². The molecule has 3 aliphatic rings. The Morgan fingerprint density at radius 3 is 1.28 bits per heavy atom. The molecule has 0 unspecified atom stereocenters. The number of benzene rings is 9. The molecule has 0 bridgehead atoms. The van der Waals surface area contributed by atoms with Crippen molar-refractivity contribution in [3.8, 4) is 22.3 Å². The van der Waals surface area contributed by atoms with Gasteiger partial charge in [0.2, 0.25) is 0 Å². The first-order chi connectivity index (χ1) is 28.8. The minimum atomic E-state index is -0.572. The SMILES string of the molecule is c1ccc(N(c2ccc3c(c2)C2(c4ccccc4-3)c3ccccc3C3(c4ccccc4-c4ccccc43)c3ccccc32)c2ccc3c(c2)oc2ccccc23)cc1. The van der Waals surface area contributed by atoms with Crippen molar-refractivity contribution in [3.63, 3.8) is 0 Å². The molecule has 3 aliphatic carbocycles. The molecule has 1 aromatic heterocycles. The van der Waals surface area contributed by atoms with Gasteiger partial charge in [0.15, 0.2) is 0 Å². The molecular weight excluding hydrogens is 703 g/mol. The molecule has 2 spiro atoms. The summed E-state index contributed by atoms with van der Waals surface area (Å²) in [5.74, 6) is 0. The zero-order valence-electron chi connectivity index (χ0n) is 31.6. The van der Waals surface area contributed by atoms with E-state index in [4.69, 9.17) is 4.42 Å². The van der Waals surface area contributed by atoms with Gasteiger partial charge in [0.1, 0.15) is 11.2 Å². The van der Waals surface area contributed by atoms with Gasteiger partial charge < -0.3 is 9.32 Å². The van der Waals surface area contributed by atoms with Gasteiger partial charge in [-0.3, -0.25) is 0 Å². The number of hydrogen-bond acceptors (Lipinski definition) is 2. The van der Waals surface area contributed by atoms with Crippen LogP contribution in [0.1, 0.15) is 44.5 Å². The molecule has 1 heterocycles. The number of rotatable bonds is 3. The van der Waals surface area contributed by atoms with Crippen LogP contribution in [0.15, 0.2) is 217 Å². The van der Waals surface area contributed by atoms with Crippen LogP contribution in [0.4, 0.5) is 17.1 Å². The molecule has 0 aliphatic heterocycles. The van der Waals surface area contributed by atoms with Gasteiger partial charge in [-0.1, -0.05) is 164 Å². The van der Waals surface area contributed by atoms with E-state index in [2.05, 4.69) is 205 Å². The van der Waals surface area contributed by atoms with Crippen LogP contribution in [0.3, 0.4) is 0 Å². The zero-order chi connectivity index (χ0) is 38.0. The lowest BCUT2D eigenvalue weighted by Crippen LogP contribution is -2.43. The van der Waals surface area contributed by atoms with E-state index in [1.54, 1.807) is 0 Å². The second-order valence-electron chi connectivity index (χ2n) is 15.9. The van der Waals surface area contributed by atoms with E-state index in [1.165, 1.54) is 66.8 Å². The van der Waals surface area contributed by atoms with Gasteiger partial charge in [-0.15, -0.1) is 0 Å². The minimum absolute atomic E-state index is 0.473. The summed E-state index contributed by atoms with van der Waals surface area (Å²) >= 11 is 0. The third-order valence-electron chi connectivity index (χ3n) is 13.3. The second-order valence-corrected chi connectivity index (χ2v) is 15.9. The lowest BCUT2D eigenvalue weighted by molar-refractivity contribution is 0.633. The average molecular weight is 738 g/mol. The molecule has 9 aromatic carbocycles. The van der Waals surface area contributed by atoms with Crippen molar-refractivity contribution in [2.75, 3.05) is 4.90 Å². The summed E-state index contributed by atoms with van der Waals surface area (Å²) in [5.41, 5.74) is 19.8. The molecule has 0 fully saturated rings. The highest BCUT2D eigenvalue weighted by atomic mass is 16.3. The Bertz CT molecular complexity index is 3220. The summed E-state index contributed by atoms with van der Waals surface area (Å²) in [6.45, 7) is 0. The fourth-order valence-corrected chi connectivity index (χ4v) is 11.2. The van der Waals surface area contributed by atoms with Crippen molar-refractivity contribution in [2.45, 2.75) is 10.8 Å². The number of fused-ring (bicyclic) bond motifs is 19. The second kappa shape index (κ2) is 11.6. The van der Waals surface area contributed by atoms with E-state index in [-0.39, 0.29) is 0 Å². The van der Waals surface area contributed by atoms with E-state index >= 15 is 0 Å². The van der Waals surface area contributed by atoms with Gasteiger partial charge in [0, 0.05) is 33.9 Å². The summed E-state index contributed by atoms with van der Waals surface area (Å²) in [6.07, 6.45) is 0. The van der Waals surface area contributed by atoms with Crippen molar-refractivity contribution in [2.24, 2.45) is 0 Å². The van der Waals surface area contributed by atoms with Crippen LogP contribution in [-0.2, 0) is 10.8 Å². The van der Waals surface area contributed by atoms with Gasteiger partial charge in [0.25, 0.3) is 0 Å². The van der Waals surface area contributed by atoms with Crippen molar-refractivity contribution in [3.05, 3.63) is 257 Å². The van der Waals surface area contributed by atoms with E-state index in [1.807, 2.05) is 12.1 Å². The summed E-state index contributed by atoms with van der Waals surface area (Å²) in [4.78, 5) is 2.38. The van der Waals surface area contributed by atoms with Crippen LogP contribution in [0.25, 0.3) is 44.2 Å². The Morgan fingerprint density at radius 1 is 0.276 bits per heavy atom. The molecule has 0 amide bonds. The van der Waals surface area contributed by atoms with E-state index in [0.717, 1.165) is 39.0 Å². The van der Waals surface area contributed by atoms with Gasteiger partial charge in [0.05, 0.1) is 10.8 Å². The zero-order valence-corrected chi connectivity index (χ0v) is 31.6. The quantitative estimate of drug-likeness (QED) is 0.180. The van der Waals surface area contributed by atoms with Gasteiger partial charge in [-0.2, -0.15) is 0 Å². The van der Waals surface area contributed by atoms with Crippen LogP contribution >= 0.6 is 0 Å². The van der Waals surface area contributed by atoms with Gasteiger partial charge in [-0.25, -0.2) is 0 Å². The highest BCUT2D eigenvalue weighted by molar-refractivity contribution is 6.06. The van der Waals surface area contributed by atoms with Crippen molar-refractivity contribution >= 4 is 39.0 Å². The van der Waals surface area contributed by atoms with Crippen LogP contribution in [0, 0.1) is 0 Å². The predicted molar refractivity (Wildman–Crippen MR) is 237 cm³/mol. The molecule has 13 rings (SSSR count). The standard InChI is InChI=1S/C56H35NO/c1-2-16-36(17-3-1)57(38-31-33-44-43-21-7-15-29-53(43)58-54(44)35-38)37-30-32-42-41-20-6-10-24-47(41)56(52(42)34-37)50-27-13-11-25-48(50)55(49-26-12-14-28-51(49)56)45-22-8-4-18-39(45)40-19-5-9-23-46(40)55/h1-35H. The lowest BCUT2D eigenvalue weighted by atomic mass is 9.52. The predicted octanol–water partition coefficient (Wildman–Crippen LogP) is 14.1. The van der Waals surface area contributed by atoms with Crippen LogP contribution < -0.4 is 4.90 Å². The smallest absolute Gasteiger partial charge is 0.137 e. The Morgan fingerprint density at radius 2 is 0.690 bits per heavy atom. The summed E-state index contributed by atoms with van der Waals surface area (Å²) < 4.78 is 6.47. The Balaban J connectivity index is 1.12. The summed E-state index contributed by atoms with van der Waals surface area (Å²) in [7, 11) is 0. The van der Waals surface area contributed by atoms with Crippen LogP contribution in [0.2, 0.25) is 0 Å². The Kier molecular flexibility index (Phi) is 6.33. The average Bonchev–Trinajstić information content (AvgIpc) is 3.91. The van der Waals surface area contributed by atoms with Crippen LogP contribution in [-0.4, -0.2) is 0 Å². The maximum atomic E-state index is 6.47. The number of nitrogens with zero attached hydrogens (tertiary/aromatic N) is 1.